The van der Waals surface area contributed by atoms with Crippen LogP contribution in [-0.4, -0.2) is 40.2 Å². The molecule has 0 aliphatic carbocycles. The van der Waals surface area contributed by atoms with Gasteiger partial charge < -0.3 is 14.6 Å². The summed E-state index contributed by atoms with van der Waals surface area (Å²) >= 11 is 0. The fraction of sp³-hybridized carbons (Fsp3) is 0.500. The van der Waals surface area contributed by atoms with Crippen molar-refractivity contribution >= 4 is 16.9 Å². The predicted octanol–water partition coefficient (Wildman–Crippen LogP) is 3.46. The smallest absolute Gasteiger partial charge is 0.337 e. The Balaban J connectivity index is 1.76. The van der Waals surface area contributed by atoms with Crippen LogP contribution in [0.5, 0.6) is 0 Å². The lowest BCUT2D eigenvalue weighted by molar-refractivity contribution is 0.0698. The number of hydrogen-bond donors (Lipinski definition) is 1. The van der Waals surface area contributed by atoms with Gasteiger partial charge in [0.1, 0.15) is 0 Å². The molecule has 118 valence electrons. The van der Waals surface area contributed by atoms with E-state index in [4.69, 9.17) is 0 Å². The molecule has 4 nitrogen and oxygen atoms in total. The third-order valence-corrected chi connectivity index (χ3v) is 4.67. The van der Waals surface area contributed by atoms with E-state index in [9.17, 15) is 9.90 Å². The van der Waals surface area contributed by atoms with Gasteiger partial charge in [-0.2, -0.15) is 0 Å². The van der Waals surface area contributed by atoms with Gasteiger partial charge in [-0.25, -0.2) is 4.79 Å². The Morgan fingerprint density at radius 1 is 1.36 bits per heavy atom. The van der Waals surface area contributed by atoms with Crippen LogP contribution in [0.1, 0.15) is 36.5 Å². The van der Waals surface area contributed by atoms with Gasteiger partial charge in [0.05, 0.1) is 5.56 Å². The van der Waals surface area contributed by atoms with Crippen molar-refractivity contribution in [1.29, 1.82) is 0 Å². The second kappa shape index (κ2) is 6.53. The van der Waals surface area contributed by atoms with E-state index < -0.39 is 5.97 Å². The molecule has 22 heavy (non-hydrogen) atoms. The summed E-state index contributed by atoms with van der Waals surface area (Å²) in [6.07, 6.45) is 5.52. The predicted molar refractivity (Wildman–Crippen MR) is 88.4 cm³/mol. The molecule has 0 saturated carbocycles. The van der Waals surface area contributed by atoms with E-state index in [2.05, 4.69) is 16.4 Å². The number of carbonyl (C=O) groups is 1. The molecule has 1 aromatic heterocycles. The molecule has 1 saturated heterocycles. The van der Waals surface area contributed by atoms with E-state index in [1.165, 1.54) is 32.4 Å². The van der Waals surface area contributed by atoms with Crippen LogP contribution in [0.25, 0.3) is 10.9 Å². The highest BCUT2D eigenvalue weighted by molar-refractivity contribution is 6.03. The second-order valence-corrected chi connectivity index (χ2v) is 6.33. The van der Waals surface area contributed by atoms with Gasteiger partial charge in [0, 0.05) is 30.2 Å². The monoisotopic (exact) mass is 300 g/mol. The second-order valence-electron chi connectivity index (χ2n) is 6.33. The Labute approximate surface area is 131 Å². The first kappa shape index (κ1) is 15.1. The van der Waals surface area contributed by atoms with Crippen molar-refractivity contribution in [2.75, 3.05) is 19.6 Å². The number of unbranched alkanes of at least 4 members (excludes halogenated alkanes) is 1. The molecule has 1 aliphatic heterocycles. The maximum atomic E-state index is 11.4. The first-order valence-electron chi connectivity index (χ1n) is 8.22. The molecule has 1 atom stereocenters. The summed E-state index contributed by atoms with van der Waals surface area (Å²) in [4.78, 5) is 14.0. The Morgan fingerprint density at radius 3 is 2.95 bits per heavy atom. The van der Waals surface area contributed by atoms with Crippen LogP contribution in [0.15, 0.2) is 30.5 Å². The van der Waals surface area contributed by atoms with Gasteiger partial charge in [-0.1, -0.05) is 31.5 Å². The number of rotatable bonds is 6. The van der Waals surface area contributed by atoms with Crippen LogP contribution >= 0.6 is 0 Å². The van der Waals surface area contributed by atoms with E-state index in [0.717, 1.165) is 24.0 Å². The summed E-state index contributed by atoms with van der Waals surface area (Å²) in [6, 6.07) is 7.80. The van der Waals surface area contributed by atoms with E-state index in [-0.39, 0.29) is 0 Å². The largest absolute Gasteiger partial charge is 0.478 e. The SMILES string of the molecule is CCCCN1CCC(Cn2cc(C(=O)O)c3ccccc32)C1. The number of aromatic carboxylic acids is 1. The van der Waals surface area contributed by atoms with Crippen LogP contribution in [0.3, 0.4) is 0 Å². The lowest BCUT2D eigenvalue weighted by Crippen LogP contribution is -2.22. The Morgan fingerprint density at radius 2 is 2.18 bits per heavy atom. The number of aromatic nitrogens is 1. The van der Waals surface area contributed by atoms with E-state index in [1.807, 2.05) is 30.5 Å². The molecular formula is C18H24N2O2. The zero-order valence-electron chi connectivity index (χ0n) is 13.2. The number of carboxylic acids is 1. The quantitative estimate of drug-likeness (QED) is 0.888. The third kappa shape index (κ3) is 3.02. The number of fused-ring (bicyclic) bond motifs is 1. The number of benzene rings is 1. The minimum Gasteiger partial charge on any atom is -0.478 e. The van der Waals surface area contributed by atoms with E-state index in [1.54, 1.807) is 0 Å². The summed E-state index contributed by atoms with van der Waals surface area (Å²) in [6.45, 7) is 6.65. The zero-order chi connectivity index (χ0) is 15.5. The number of para-hydroxylation sites is 1. The van der Waals surface area contributed by atoms with Gasteiger partial charge in [-0.3, -0.25) is 0 Å². The topological polar surface area (TPSA) is 45.5 Å². The highest BCUT2D eigenvalue weighted by Crippen LogP contribution is 2.25. The first-order valence-corrected chi connectivity index (χ1v) is 8.22. The summed E-state index contributed by atoms with van der Waals surface area (Å²) in [5.41, 5.74) is 1.45. The molecule has 4 heteroatoms. The number of likely N-dealkylation sites (tertiary alicyclic amines) is 1. The van der Waals surface area contributed by atoms with E-state index >= 15 is 0 Å². The minimum absolute atomic E-state index is 0.413. The molecule has 2 heterocycles. The number of carboxylic acid groups (broad SMARTS) is 1. The van der Waals surface area contributed by atoms with Crippen molar-refractivity contribution < 1.29 is 9.90 Å². The third-order valence-electron chi connectivity index (χ3n) is 4.67. The number of nitrogens with zero attached hydrogens (tertiary/aromatic N) is 2. The van der Waals surface area contributed by atoms with Gasteiger partial charge in [0.2, 0.25) is 0 Å². The van der Waals surface area contributed by atoms with Crippen molar-refractivity contribution in [3.05, 3.63) is 36.0 Å². The van der Waals surface area contributed by atoms with Gasteiger partial charge in [0.25, 0.3) is 0 Å². The van der Waals surface area contributed by atoms with Gasteiger partial charge in [-0.15, -0.1) is 0 Å². The molecule has 1 N–H and O–H groups in total. The molecular weight excluding hydrogens is 276 g/mol. The van der Waals surface area contributed by atoms with Crippen LogP contribution in [-0.2, 0) is 6.54 Å². The van der Waals surface area contributed by atoms with Crippen molar-refractivity contribution in [3.63, 3.8) is 0 Å². The maximum absolute atomic E-state index is 11.4. The van der Waals surface area contributed by atoms with Gasteiger partial charge >= 0.3 is 5.97 Å². The van der Waals surface area contributed by atoms with Crippen molar-refractivity contribution in [2.45, 2.75) is 32.7 Å². The summed E-state index contributed by atoms with van der Waals surface area (Å²) in [5, 5.41) is 10.2. The standard InChI is InChI=1S/C18H24N2O2/c1-2-3-9-19-10-8-14(11-19)12-20-13-16(18(21)22)15-6-4-5-7-17(15)20/h4-7,13-14H,2-3,8-12H2,1H3,(H,21,22). The van der Waals surface area contributed by atoms with E-state index in [0.29, 0.717) is 11.5 Å². The van der Waals surface area contributed by atoms with Crippen LogP contribution in [0, 0.1) is 5.92 Å². The Bertz CT molecular complexity index is 662. The molecule has 0 amide bonds. The zero-order valence-corrected chi connectivity index (χ0v) is 13.2. The first-order chi connectivity index (χ1) is 10.7. The molecule has 1 unspecified atom stereocenters. The molecule has 1 aliphatic rings. The van der Waals surface area contributed by atoms with Gasteiger partial charge in [-0.05, 0) is 37.9 Å². The summed E-state index contributed by atoms with van der Waals surface area (Å²) < 4.78 is 2.13. The van der Waals surface area contributed by atoms with Gasteiger partial charge in [0.15, 0.2) is 0 Å². The highest BCUT2D eigenvalue weighted by Gasteiger charge is 2.23. The fourth-order valence-electron chi connectivity index (χ4n) is 3.49. The fourth-order valence-corrected chi connectivity index (χ4v) is 3.49. The maximum Gasteiger partial charge on any atom is 0.337 e. The summed E-state index contributed by atoms with van der Waals surface area (Å²) in [5.74, 6) is -0.222. The van der Waals surface area contributed by atoms with Crippen molar-refractivity contribution in [2.24, 2.45) is 5.92 Å². The Kier molecular flexibility index (Phi) is 4.48. The molecule has 2 aromatic rings. The molecule has 1 fully saturated rings. The van der Waals surface area contributed by atoms with Crippen LogP contribution in [0.4, 0.5) is 0 Å². The van der Waals surface area contributed by atoms with Crippen LogP contribution < -0.4 is 0 Å². The highest BCUT2D eigenvalue weighted by atomic mass is 16.4. The molecule has 0 radical (unpaired) electrons. The van der Waals surface area contributed by atoms with Crippen LogP contribution in [0.2, 0.25) is 0 Å². The normalized spacial score (nSPS) is 19.0. The van der Waals surface area contributed by atoms with Crippen molar-refractivity contribution in [3.8, 4) is 0 Å². The lowest BCUT2D eigenvalue weighted by atomic mass is 10.1. The lowest BCUT2D eigenvalue weighted by Gasteiger charge is -2.16. The number of hydrogen-bond acceptors (Lipinski definition) is 2. The molecule has 3 rings (SSSR count). The average Bonchev–Trinajstić information content (AvgIpc) is 3.11. The Hall–Kier alpha value is -1.81. The average molecular weight is 300 g/mol. The van der Waals surface area contributed by atoms with Crippen molar-refractivity contribution in [1.82, 2.24) is 9.47 Å². The molecule has 1 aromatic carbocycles. The minimum atomic E-state index is -0.842. The summed E-state index contributed by atoms with van der Waals surface area (Å²) in [7, 11) is 0. The molecule has 0 bridgehead atoms. The molecule has 0 spiro atoms.